The van der Waals surface area contributed by atoms with Crippen LogP contribution in [0.15, 0.2) is 18.2 Å². The lowest BCUT2D eigenvalue weighted by molar-refractivity contribution is -0.142. The maximum absolute atomic E-state index is 11.3. The molecule has 6 heteroatoms. The zero-order valence-electron chi connectivity index (χ0n) is 8.97. The molecule has 1 aliphatic rings. The Bertz CT molecular complexity index is 466. The first-order chi connectivity index (χ1) is 8.13. The largest absolute Gasteiger partial charge is 0.480 e. The molecule has 1 N–H and O–H groups in total. The number of hydrogen-bond donors (Lipinski definition) is 1. The molecule has 0 saturated carbocycles. The van der Waals surface area contributed by atoms with Crippen molar-refractivity contribution in [2.45, 2.75) is 12.5 Å². The fourth-order valence-corrected chi connectivity index (χ4v) is 2.32. The van der Waals surface area contributed by atoms with Crippen LogP contribution >= 0.6 is 11.6 Å². The van der Waals surface area contributed by atoms with Crippen molar-refractivity contribution in [3.63, 3.8) is 0 Å². The monoisotopic (exact) mass is 250 g/mol. The molecule has 2 rings (SSSR count). The van der Waals surface area contributed by atoms with E-state index in [2.05, 4.69) is 0 Å². The van der Waals surface area contributed by atoms with E-state index in [-0.39, 0.29) is 0 Å². The molecule has 0 bridgehead atoms. The van der Waals surface area contributed by atoms with Gasteiger partial charge in [0.1, 0.15) is 6.04 Å². The van der Waals surface area contributed by atoms with Crippen LogP contribution in [0.1, 0.15) is 17.2 Å². The van der Waals surface area contributed by atoms with Crippen molar-refractivity contribution >= 4 is 31.2 Å². The molecular formula is C11H10BClNO3. The van der Waals surface area contributed by atoms with Gasteiger partial charge in [0.05, 0.1) is 6.19 Å². The minimum Gasteiger partial charge on any atom is -0.480 e. The molecule has 0 fully saturated rings. The SMILES string of the molecule is O=C[B]N1CCc2cc(Cl)ccc2C1C(=O)O. The second kappa shape index (κ2) is 4.90. The predicted octanol–water partition coefficient (Wildman–Crippen LogP) is 1.13. The summed E-state index contributed by atoms with van der Waals surface area (Å²) in [4.78, 5) is 23.3. The molecule has 1 heterocycles. The zero-order chi connectivity index (χ0) is 12.4. The quantitative estimate of drug-likeness (QED) is 0.645. The minimum absolute atomic E-state index is 0.503. The topological polar surface area (TPSA) is 57.6 Å². The smallest absolute Gasteiger partial charge is 0.324 e. The van der Waals surface area contributed by atoms with Crippen LogP contribution in [0, 0.1) is 0 Å². The van der Waals surface area contributed by atoms with Crippen molar-refractivity contribution in [3.05, 3.63) is 34.3 Å². The summed E-state index contributed by atoms with van der Waals surface area (Å²) >= 11 is 5.88. The van der Waals surface area contributed by atoms with Gasteiger partial charge in [-0.15, -0.1) is 0 Å². The van der Waals surface area contributed by atoms with E-state index < -0.39 is 12.0 Å². The fraction of sp³-hybridized carbons (Fsp3) is 0.273. The van der Waals surface area contributed by atoms with E-state index in [9.17, 15) is 14.7 Å². The van der Waals surface area contributed by atoms with Gasteiger partial charge in [0.2, 0.25) is 0 Å². The molecule has 0 amide bonds. The fourth-order valence-electron chi connectivity index (χ4n) is 2.13. The summed E-state index contributed by atoms with van der Waals surface area (Å²) in [6, 6.07) is 4.36. The lowest BCUT2D eigenvalue weighted by atomic mass is 9.83. The van der Waals surface area contributed by atoms with E-state index in [4.69, 9.17) is 11.6 Å². The summed E-state index contributed by atoms with van der Waals surface area (Å²) in [5.41, 5.74) is 1.63. The van der Waals surface area contributed by atoms with Crippen molar-refractivity contribution in [1.82, 2.24) is 4.81 Å². The van der Waals surface area contributed by atoms with Crippen LogP contribution < -0.4 is 0 Å². The average molecular weight is 250 g/mol. The Balaban J connectivity index is 2.42. The summed E-state index contributed by atoms with van der Waals surface area (Å²) in [5, 5.41) is 9.84. The summed E-state index contributed by atoms with van der Waals surface area (Å²) in [6.45, 7) is 0.503. The van der Waals surface area contributed by atoms with Crippen LogP contribution in [0.25, 0.3) is 0 Å². The van der Waals surface area contributed by atoms with Gasteiger partial charge >= 0.3 is 5.97 Å². The molecule has 0 spiro atoms. The van der Waals surface area contributed by atoms with Gasteiger partial charge in [0.25, 0.3) is 7.41 Å². The Morgan fingerprint density at radius 1 is 1.59 bits per heavy atom. The first-order valence-corrected chi connectivity index (χ1v) is 5.57. The molecule has 87 valence electrons. The van der Waals surface area contributed by atoms with Gasteiger partial charge in [0.15, 0.2) is 0 Å². The Hall–Kier alpha value is -1.33. The van der Waals surface area contributed by atoms with E-state index >= 15 is 0 Å². The van der Waals surface area contributed by atoms with Gasteiger partial charge in [-0.25, -0.2) is 0 Å². The van der Waals surface area contributed by atoms with Gasteiger partial charge in [-0.05, 0) is 36.2 Å². The van der Waals surface area contributed by atoms with Gasteiger partial charge < -0.3 is 14.7 Å². The maximum Gasteiger partial charge on any atom is 0.324 e. The van der Waals surface area contributed by atoms with Crippen LogP contribution in [0.4, 0.5) is 0 Å². The van der Waals surface area contributed by atoms with E-state index in [1.807, 2.05) is 0 Å². The third kappa shape index (κ3) is 2.35. The zero-order valence-corrected chi connectivity index (χ0v) is 9.72. The van der Waals surface area contributed by atoms with Crippen molar-refractivity contribution in [2.75, 3.05) is 6.54 Å². The first-order valence-electron chi connectivity index (χ1n) is 5.19. The number of fused-ring (bicyclic) bond motifs is 1. The van der Waals surface area contributed by atoms with Crippen LogP contribution in [0.2, 0.25) is 5.02 Å². The predicted molar refractivity (Wildman–Crippen MR) is 64.7 cm³/mol. The number of rotatable bonds is 3. The van der Waals surface area contributed by atoms with E-state index in [0.717, 1.165) is 5.56 Å². The van der Waals surface area contributed by atoms with Crippen molar-refractivity contribution < 1.29 is 14.7 Å². The van der Waals surface area contributed by atoms with Gasteiger partial charge in [-0.1, -0.05) is 17.7 Å². The summed E-state index contributed by atoms with van der Waals surface area (Å²) in [7, 11) is 1.27. The Morgan fingerprint density at radius 3 is 3.00 bits per heavy atom. The molecule has 0 aliphatic carbocycles. The van der Waals surface area contributed by atoms with Gasteiger partial charge in [-0.2, -0.15) is 0 Å². The normalized spacial score (nSPS) is 19.5. The number of carboxylic acids is 1. The lowest BCUT2D eigenvalue weighted by Crippen LogP contribution is -2.42. The average Bonchev–Trinajstić information content (AvgIpc) is 2.28. The lowest BCUT2D eigenvalue weighted by Gasteiger charge is -2.33. The van der Waals surface area contributed by atoms with Crippen LogP contribution in [-0.4, -0.2) is 36.0 Å². The second-order valence-electron chi connectivity index (χ2n) is 3.86. The number of benzene rings is 1. The highest BCUT2D eigenvalue weighted by Crippen LogP contribution is 2.30. The number of carboxylic acid groups (broad SMARTS) is 1. The molecule has 1 aromatic carbocycles. The van der Waals surface area contributed by atoms with Crippen molar-refractivity contribution in [2.24, 2.45) is 0 Å². The number of nitrogens with zero attached hydrogens (tertiary/aromatic N) is 1. The molecule has 0 aromatic heterocycles. The highest BCUT2D eigenvalue weighted by molar-refractivity contribution is 6.64. The molecule has 0 saturated heterocycles. The van der Waals surface area contributed by atoms with Crippen molar-refractivity contribution in [3.8, 4) is 0 Å². The molecule has 1 aliphatic heterocycles. The first kappa shape index (κ1) is 12.1. The molecule has 1 atom stereocenters. The molecule has 1 unspecified atom stereocenters. The second-order valence-corrected chi connectivity index (χ2v) is 4.29. The minimum atomic E-state index is -0.966. The number of aliphatic carboxylic acids is 1. The van der Waals surface area contributed by atoms with E-state index in [1.165, 1.54) is 12.2 Å². The Labute approximate surface area is 104 Å². The molecule has 1 aromatic rings. The van der Waals surface area contributed by atoms with Crippen LogP contribution in [0.3, 0.4) is 0 Å². The third-order valence-electron chi connectivity index (χ3n) is 2.86. The summed E-state index contributed by atoms with van der Waals surface area (Å²) in [6.07, 6.45) is 1.29. The number of carbonyl (C=O) groups excluding carboxylic acids is 1. The van der Waals surface area contributed by atoms with E-state index in [0.29, 0.717) is 29.7 Å². The Kier molecular flexibility index (Phi) is 3.50. The standard InChI is InChI=1S/C11H10BClNO3/c13-8-1-2-9-7(5-8)3-4-14(12-6-15)10(9)11(16)17/h1-2,5-6,10H,3-4H2,(H,16,17). The molecule has 4 nitrogen and oxygen atoms in total. The highest BCUT2D eigenvalue weighted by Gasteiger charge is 2.32. The highest BCUT2D eigenvalue weighted by atomic mass is 35.5. The summed E-state index contributed by atoms with van der Waals surface area (Å²) in [5.74, 6) is -0.966. The number of hydrogen-bond acceptors (Lipinski definition) is 3. The maximum atomic E-state index is 11.3. The molecule has 17 heavy (non-hydrogen) atoms. The third-order valence-corrected chi connectivity index (χ3v) is 3.09. The number of carbonyl (C=O) groups is 2. The van der Waals surface area contributed by atoms with Crippen LogP contribution in [0.5, 0.6) is 0 Å². The van der Waals surface area contributed by atoms with Gasteiger partial charge in [0, 0.05) is 5.02 Å². The summed E-state index contributed by atoms with van der Waals surface area (Å²) < 4.78 is 0. The number of halogens is 1. The van der Waals surface area contributed by atoms with Gasteiger partial charge in [-0.3, -0.25) is 4.79 Å². The van der Waals surface area contributed by atoms with E-state index in [1.54, 1.807) is 18.2 Å². The molecule has 1 radical (unpaired) electrons. The van der Waals surface area contributed by atoms with Crippen LogP contribution in [-0.2, 0) is 16.0 Å². The Morgan fingerprint density at radius 2 is 2.35 bits per heavy atom. The molecular weight excluding hydrogens is 240 g/mol. The van der Waals surface area contributed by atoms with Crippen molar-refractivity contribution in [1.29, 1.82) is 0 Å².